The lowest BCUT2D eigenvalue weighted by Gasteiger charge is -2.05. The fourth-order valence-electron chi connectivity index (χ4n) is 2.51. The second-order valence-corrected chi connectivity index (χ2v) is 5.87. The number of carbonyl (C=O) groups excluding carboxylic acids is 2. The Morgan fingerprint density at radius 1 is 1.24 bits per heavy atom. The van der Waals surface area contributed by atoms with Crippen LogP contribution in [0.25, 0.3) is 12.2 Å². The van der Waals surface area contributed by atoms with Crippen LogP contribution >= 0.6 is 0 Å². The summed E-state index contributed by atoms with van der Waals surface area (Å²) in [7, 11) is 1.40. The maximum absolute atomic E-state index is 12.1. The molecule has 0 aliphatic heterocycles. The fourth-order valence-corrected chi connectivity index (χ4v) is 2.51. The number of aromatic nitrogens is 1. The molecule has 0 aromatic carbocycles. The molecule has 1 aromatic rings. The molecule has 2 N–H and O–H groups in total. The molecule has 0 radical (unpaired) electrons. The lowest BCUT2D eigenvalue weighted by Crippen LogP contribution is -2.26. The van der Waals surface area contributed by atoms with Crippen molar-refractivity contribution in [1.29, 1.82) is 0 Å². The predicted molar refractivity (Wildman–Crippen MR) is 102 cm³/mol. The van der Waals surface area contributed by atoms with Crippen LogP contribution in [-0.4, -0.2) is 30.5 Å². The average Bonchev–Trinajstić information content (AvgIpc) is 2.97. The Morgan fingerprint density at radius 2 is 2.04 bits per heavy atom. The molecule has 0 bridgehead atoms. The van der Waals surface area contributed by atoms with E-state index in [0.717, 1.165) is 42.5 Å². The monoisotopic (exact) mass is 346 g/mol. The van der Waals surface area contributed by atoms with Crippen LogP contribution in [0, 0.1) is 0 Å². The Kier molecular flexibility index (Phi) is 10.1. The zero-order valence-corrected chi connectivity index (χ0v) is 15.6. The minimum atomic E-state index is -0.180. The molecule has 5 heteroatoms. The smallest absolute Gasteiger partial charge is 0.305 e. The summed E-state index contributed by atoms with van der Waals surface area (Å²) in [5, 5.41) is 2.94. The first-order chi connectivity index (χ1) is 12.1. The number of aromatic amines is 1. The van der Waals surface area contributed by atoms with E-state index in [1.165, 1.54) is 7.11 Å². The van der Waals surface area contributed by atoms with Gasteiger partial charge in [-0.05, 0) is 37.8 Å². The van der Waals surface area contributed by atoms with Gasteiger partial charge in [0.2, 0.25) is 5.91 Å². The number of hydrogen-bond donors (Lipinski definition) is 2. The molecular formula is C20H30N2O3. The van der Waals surface area contributed by atoms with Crippen molar-refractivity contribution < 1.29 is 14.3 Å². The lowest BCUT2D eigenvalue weighted by atomic mass is 10.1. The number of methoxy groups -OCH3 is 1. The van der Waals surface area contributed by atoms with Crippen LogP contribution in [0.3, 0.4) is 0 Å². The van der Waals surface area contributed by atoms with Crippen molar-refractivity contribution in [3.63, 3.8) is 0 Å². The Balaban J connectivity index is 2.42. The highest BCUT2D eigenvalue weighted by atomic mass is 16.5. The highest BCUT2D eigenvalue weighted by molar-refractivity contribution is 5.81. The molecule has 0 aliphatic rings. The normalized spacial score (nSPS) is 11.3. The molecule has 0 saturated heterocycles. The summed E-state index contributed by atoms with van der Waals surface area (Å²) in [6.45, 7) is 4.69. The summed E-state index contributed by atoms with van der Waals surface area (Å²) in [5.74, 6) is -0.162. The van der Waals surface area contributed by atoms with Crippen molar-refractivity contribution in [3.05, 3.63) is 35.2 Å². The molecule has 0 unspecified atom stereocenters. The van der Waals surface area contributed by atoms with Crippen LogP contribution in [0.2, 0.25) is 0 Å². The van der Waals surface area contributed by atoms with E-state index in [1.54, 1.807) is 0 Å². The Bertz CT molecular complexity index is 600. The van der Waals surface area contributed by atoms with Crippen molar-refractivity contribution in [2.75, 3.05) is 13.7 Å². The van der Waals surface area contributed by atoms with Gasteiger partial charge in [-0.15, -0.1) is 0 Å². The predicted octanol–water partition coefficient (Wildman–Crippen LogP) is 3.86. The van der Waals surface area contributed by atoms with Crippen LogP contribution in [0.5, 0.6) is 0 Å². The van der Waals surface area contributed by atoms with Crippen LogP contribution in [0.15, 0.2) is 18.3 Å². The third-order valence-corrected chi connectivity index (χ3v) is 3.85. The highest BCUT2D eigenvalue weighted by Crippen LogP contribution is 2.18. The van der Waals surface area contributed by atoms with E-state index >= 15 is 0 Å². The zero-order valence-electron chi connectivity index (χ0n) is 15.6. The molecule has 1 rings (SSSR count). The molecule has 1 amide bonds. The molecule has 0 atom stereocenters. The van der Waals surface area contributed by atoms with E-state index in [4.69, 9.17) is 0 Å². The quantitative estimate of drug-likeness (QED) is 0.472. The molecular weight excluding hydrogens is 316 g/mol. The number of amides is 1. The molecule has 5 nitrogen and oxygen atoms in total. The maximum Gasteiger partial charge on any atom is 0.305 e. The molecule has 138 valence electrons. The Hall–Kier alpha value is -2.30. The van der Waals surface area contributed by atoms with Crippen LogP contribution < -0.4 is 5.32 Å². The van der Waals surface area contributed by atoms with Gasteiger partial charge in [0.25, 0.3) is 0 Å². The minimum absolute atomic E-state index is 0.0174. The van der Waals surface area contributed by atoms with Crippen LogP contribution in [0.1, 0.15) is 62.8 Å². The number of ether oxygens (including phenoxy) is 1. The van der Waals surface area contributed by atoms with Gasteiger partial charge in [0, 0.05) is 30.4 Å². The van der Waals surface area contributed by atoms with E-state index in [0.29, 0.717) is 19.4 Å². The summed E-state index contributed by atoms with van der Waals surface area (Å²) in [6.07, 6.45) is 14.4. The summed E-state index contributed by atoms with van der Waals surface area (Å²) in [6, 6.07) is 0. The molecule has 1 heterocycles. The molecule has 0 fully saturated rings. The van der Waals surface area contributed by atoms with Gasteiger partial charge in [0.15, 0.2) is 0 Å². The second-order valence-electron chi connectivity index (χ2n) is 5.87. The molecule has 25 heavy (non-hydrogen) atoms. The standard InChI is InChI=1S/C20H30N2O3/c1-4-6-11-18-17(10-5-2)16(15-22-18)14-19(23)21-13-9-7-8-12-20(24)25-3/h5-6,10-11,15,22H,4,7-9,12-14H2,1-3H3,(H,21,23)/b10-5-,11-6-. The molecule has 0 spiro atoms. The van der Waals surface area contributed by atoms with E-state index < -0.39 is 0 Å². The zero-order chi connectivity index (χ0) is 18.5. The van der Waals surface area contributed by atoms with Crippen LogP contribution in [0.4, 0.5) is 0 Å². The maximum atomic E-state index is 12.1. The number of unbranched alkanes of at least 4 members (excludes halogenated alkanes) is 2. The van der Waals surface area contributed by atoms with Crippen LogP contribution in [-0.2, 0) is 20.7 Å². The van der Waals surface area contributed by atoms with E-state index in [9.17, 15) is 9.59 Å². The summed E-state index contributed by atoms with van der Waals surface area (Å²) >= 11 is 0. The third-order valence-electron chi connectivity index (χ3n) is 3.85. The number of esters is 1. The number of nitrogens with one attached hydrogen (secondary N) is 2. The Morgan fingerprint density at radius 3 is 2.72 bits per heavy atom. The minimum Gasteiger partial charge on any atom is -0.469 e. The van der Waals surface area contributed by atoms with Gasteiger partial charge in [-0.2, -0.15) is 0 Å². The average molecular weight is 346 g/mol. The summed E-state index contributed by atoms with van der Waals surface area (Å²) < 4.78 is 4.60. The van der Waals surface area contributed by atoms with Crippen molar-refractivity contribution in [2.24, 2.45) is 0 Å². The van der Waals surface area contributed by atoms with Gasteiger partial charge in [0.1, 0.15) is 0 Å². The van der Waals surface area contributed by atoms with Gasteiger partial charge >= 0.3 is 5.97 Å². The van der Waals surface area contributed by atoms with Crippen molar-refractivity contribution in [1.82, 2.24) is 10.3 Å². The number of rotatable bonds is 11. The molecule has 0 saturated carbocycles. The Labute approximate surface area is 150 Å². The van der Waals surface area contributed by atoms with E-state index in [1.807, 2.05) is 25.3 Å². The van der Waals surface area contributed by atoms with E-state index in [2.05, 4.69) is 34.1 Å². The number of carbonyl (C=O) groups is 2. The van der Waals surface area contributed by atoms with E-state index in [-0.39, 0.29) is 11.9 Å². The van der Waals surface area contributed by atoms with Gasteiger partial charge in [0.05, 0.1) is 13.5 Å². The summed E-state index contributed by atoms with van der Waals surface area (Å²) in [5.41, 5.74) is 3.10. The molecule has 0 aliphatic carbocycles. The first-order valence-corrected chi connectivity index (χ1v) is 8.95. The van der Waals surface area contributed by atoms with Gasteiger partial charge < -0.3 is 15.0 Å². The van der Waals surface area contributed by atoms with Gasteiger partial charge in [-0.25, -0.2) is 0 Å². The third kappa shape index (κ3) is 7.88. The van der Waals surface area contributed by atoms with Gasteiger partial charge in [-0.1, -0.05) is 31.6 Å². The SMILES string of the molecule is C/C=C\c1c(CC(=O)NCCCCCC(=O)OC)c[nH]c1/C=C\CC. The topological polar surface area (TPSA) is 71.2 Å². The van der Waals surface area contributed by atoms with Crippen molar-refractivity contribution >= 4 is 24.0 Å². The van der Waals surface area contributed by atoms with Gasteiger partial charge in [-0.3, -0.25) is 9.59 Å². The largest absolute Gasteiger partial charge is 0.469 e. The van der Waals surface area contributed by atoms with Crippen molar-refractivity contribution in [2.45, 2.75) is 52.4 Å². The highest BCUT2D eigenvalue weighted by Gasteiger charge is 2.10. The first kappa shape index (κ1) is 20.7. The summed E-state index contributed by atoms with van der Waals surface area (Å²) in [4.78, 5) is 26.4. The lowest BCUT2D eigenvalue weighted by molar-refractivity contribution is -0.140. The van der Waals surface area contributed by atoms with Crippen molar-refractivity contribution in [3.8, 4) is 0 Å². The number of hydrogen-bond acceptors (Lipinski definition) is 3. The fraction of sp³-hybridized carbons (Fsp3) is 0.500. The molecule has 1 aromatic heterocycles. The second kappa shape index (κ2) is 12.1. The number of allylic oxidation sites excluding steroid dienone is 2. The number of H-pyrrole nitrogens is 1. The first-order valence-electron chi connectivity index (χ1n) is 8.95.